The van der Waals surface area contributed by atoms with E-state index in [1.54, 1.807) is 54.6 Å². The summed E-state index contributed by atoms with van der Waals surface area (Å²) in [6, 6.07) is 14.3. The molecule has 1 atom stereocenters. The maximum atomic E-state index is 13.1. The first-order valence-electron chi connectivity index (χ1n) is 9.81. The van der Waals surface area contributed by atoms with Crippen molar-refractivity contribution in [3.05, 3.63) is 89.1 Å². The van der Waals surface area contributed by atoms with Gasteiger partial charge in [-0.15, -0.1) is 13.2 Å². The molecule has 0 saturated heterocycles. The van der Waals surface area contributed by atoms with Crippen LogP contribution in [-0.2, 0) is 22.5 Å². The van der Waals surface area contributed by atoms with Gasteiger partial charge in [0.15, 0.2) is 5.06 Å². The zero-order chi connectivity index (χ0) is 24.1. The van der Waals surface area contributed by atoms with Gasteiger partial charge in [0.25, 0.3) is 0 Å². The molecule has 0 fully saturated rings. The van der Waals surface area contributed by atoms with Crippen LogP contribution in [0, 0.1) is 0 Å². The van der Waals surface area contributed by atoms with Gasteiger partial charge in [0.1, 0.15) is 0 Å². The predicted octanol–water partition coefficient (Wildman–Crippen LogP) is 4.96. The Hall–Kier alpha value is -3.30. The van der Waals surface area contributed by atoms with Crippen molar-refractivity contribution < 1.29 is 32.6 Å². The Morgan fingerprint density at radius 1 is 1.03 bits per heavy atom. The van der Waals surface area contributed by atoms with Crippen LogP contribution in [0.4, 0.5) is 18.0 Å². The van der Waals surface area contributed by atoms with Crippen molar-refractivity contribution in [1.29, 1.82) is 0 Å². The molecular formula is C23H20ClF3N2O4. The number of hydrogen-bond acceptors (Lipinski definition) is 3. The molecule has 3 rings (SSSR count). The molecule has 1 aliphatic rings. The minimum absolute atomic E-state index is 0.110. The monoisotopic (exact) mass is 480 g/mol. The number of carboxylic acids is 1. The molecule has 0 heterocycles. The highest BCUT2D eigenvalue weighted by atomic mass is 35.5. The number of carboxylic acid groups (broad SMARTS) is 1. The fourth-order valence-electron chi connectivity index (χ4n) is 3.32. The number of alkyl halides is 4. The third-order valence-corrected chi connectivity index (χ3v) is 5.15. The standard InChI is InChI=1S/C23H20ClF3N2O4/c24-22(33-23(25,26)27)13-18(10-11-19(22)17-4-2-1-3-5-17)29-21(32)28-14-16-8-6-15(7-9-16)12-20(30)31/h1-11H,12-14H2,(H,30,31)(H2,28,29,32). The molecule has 3 N–H and O–H groups in total. The van der Waals surface area contributed by atoms with Crippen molar-refractivity contribution in [2.45, 2.75) is 30.8 Å². The Morgan fingerprint density at radius 2 is 1.67 bits per heavy atom. The van der Waals surface area contributed by atoms with Crippen LogP contribution >= 0.6 is 11.6 Å². The minimum Gasteiger partial charge on any atom is -0.481 e. The Labute approximate surface area is 192 Å². The Kier molecular flexibility index (Phi) is 7.45. The number of halogens is 4. The van der Waals surface area contributed by atoms with E-state index in [1.807, 2.05) is 0 Å². The Bertz CT molecular complexity index is 1070. The van der Waals surface area contributed by atoms with Crippen LogP contribution in [-0.4, -0.2) is 28.5 Å². The van der Waals surface area contributed by atoms with Gasteiger partial charge >= 0.3 is 18.4 Å². The largest absolute Gasteiger partial charge is 0.524 e. The number of carbonyl (C=O) groups excluding carboxylic acids is 1. The van der Waals surface area contributed by atoms with Gasteiger partial charge in [-0.05, 0) is 22.8 Å². The SMILES string of the molecule is O=C(O)Cc1ccc(CNC(=O)NC2=CC=C(c3ccccc3)C(Cl)(OC(F)(F)F)C2)cc1. The topological polar surface area (TPSA) is 87.7 Å². The van der Waals surface area contributed by atoms with Crippen LogP contribution in [0.2, 0.25) is 0 Å². The number of urea groups is 1. The smallest absolute Gasteiger partial charge is 0.481 e. The Balaban J connectivity index is 1.67. The molecule has 2 aromatic carbocycles. The van der Waals surface area contributed by atoms with Crippen molar-refractivity contribution >= 4 is 29.2 Å². The number of benzene rings is 2. The van der Waals surface area contributed by atoms with Gasteiger partial charge in [-0.1, -0.05) is 72.3 Å². The minimum atomic E-state index is -4.99. The summed E-state index contributed by atoms with van der Waals surface area (Å²) in [5.41, 5.74) is 2.06. The second kappa shape index (κ2) is 10.1. The van der Waals surface area contributed by atoms with E-state index in [4.69, 9.17) is 16.7 Å². The fourth-order valence-corrected chi connectivity index (χ4v) is 3.72. The van der Waals surface area contributed by atoms with E-state index in [1.165, 1.54) is 12.2 Å². The number of nitrogens with one attached hydrogen (secondary N) is 2. The zero-order valence-electron chi connectivity index (χ0n) is 17.2. The average molecular weight is 481 g/mol. The Morgan fingerprint density at radius 3 is 2.27 bits per heavy atom. The summed E-state index contributed by atoms with van der Waals surface area (Å²) < 4.78 is 43.5. The highest BCUT2D eigenvalue weighted by Crippen LogP contribution is 2.45. The summed E-state index contributed by atoms with van der Waals surface area (Å²) in [6.07, 6.45) is -2.67. The first-order valence-corrected chi connectivity index (χ1v) is 10.2. The van der Waals surface area contributed by atoms with Crippen LogP contribution in [0.5, 0.6) is 0 Å². The van der Waals surface area contributed by atoms with Crippen LogP contribution in [0.15, 0.2) is 72.4 Å². The number of aliphatic carboxylic acids is 1. The van der Waals surface area contributed by atoms with E-state index in [-0.39, 0.29) is 24.2 Å². The number of allylic oxidation sites excluding steroid dienone is 2. The van der Waals surface area contributed by atoms with Gasteiger partial charge in [0.05, 0.1) is 6.42 Å². The lowest BCUT2D eigenvalue weighted by atomic mass is 9.92. The third-order valence-electron chi connectivity index (χ3n) is 4.74. The molecule has 2 aromatic rings. The van der Waals surface area contributed by atoms with Gasteiger partial charge in [0.2, 0.25) is 0 Å². The van der Waals surface area contributed by atoms with Crippen molar-refractivity contribution in [2.24, 2.45) is 0 Å². The highest BCUT2D eigenvalue weighted by Gasteiger charge is 2.47. The van der Waals surface area contributed by atoms with Crippen molar-refractivity contribution in [3.63, 3.8) is 0 Å². The molecule has 0 saturated carbocycles. The number of carbonyl (C=O) groups is 2. The number of rotatable bonds is 7. The third kappa shape index (κ3) is 7.10. The zero-order valence-corrected chi connectivity index (χ0v) is 17.9. The molecule has 6 nitrogen and oxygen atoms in total. The molecule has 33 heavy (non-hydrogen) atoms. The van der Waals surface area contributed by atoms with E-state index < -0.39 is 29.8 Å². The maximum absolute atomic E-state index is 13.1. The summed E-state index contributed by atoms with van der Waals surface area (Å²) in [5.74, 6) is -0.949. The lowest BCUT2D eigenvalue weighted by molar-refractivity contribution is -0.342. The van der Waals surface area contributed by atoms with Crippen LogP contribution in [0.3, 0.4) is 0 Å². The van der Waals surface area contributed by atoms with Crippen LogP contribution in [0.25, 0.3) is 5.57 Å². The lowest BCUT2D eigenvalue weighted by Crippen LogP contribution is -2.41. The molecule has 1 unspecified atom stereocenters. The first kappa shape index (κ1) is 24.3. The van der Waals surface area contributed by atoms with E-state index in [0.29, 0.717) is 11.1 Å². The van der Waals surface area contributed by atoms with Crippen molar-refractivity contribution in [3.8, 4) is 0 Å². The highest BCUT2D eigenvalue weighted by molar-refractivity contribution is 6.29. The van der Waals surface area contributed by atoms with Gasteiger partial charge in [-0.25, -0.2) is 4.79 Å². The molecule has 0 aliphatic heterocycles. The second-order valence-corrected chi connectivity index (χ2v) is 7.90. The molecule has 2 amide bonds. The first-order chi connectivity index (χ1) is 15.5. The molecule has 174 valence electrons. The van der Waals surface area contributed by atoms with Gasteiger partial charge < -0.3 is 15.7 Å². The lowest BCUT2D eigenvalue weighted by Gasteiger charge is -2.34. The van der Waals surface area contributed by atoms with Crippen LogP contribution in [0.1, 0.15) is 23.1 Å². The summed E-state index contributed by atoms with van der Waals surface area (Å²) in [5, 5.41) is 11.6. The van der Waals surface area contributed by atoms with E-state index >= 15 is 0 Å². The predicted molar refractivity (Wildman–Crippen MR) is 116 cm³/mol. The number of hydrogen-bond donors (Lipinski definition) is 3. The van der Waals surface area contributed by atoms with E-state index in [2.05, 4.69) is 15.4 Å². The second-order valence-electron chi connectivity index (χ2n) is 7.29. The normalized spacial score (nSPS) is 18.2. The summed E-state index contributed by atoms with van der Waals surface area (Å²) in [6.45, 7) is 0.128. The molecule has 10 heteroatoms. The summed E-state index contributed by atoms with van der Waals surface area (Å²) in [4.78, 5) is 23.0. The van der Waals surface area contributed by atoms with Crippen molar-refractivity contribution in [2.75, 3.05) is 0 Å². The van der Waals surface area contributed by atoms with Crippen LogP contribution < -0.4 is 10.6 Å². The molecule has 0 spiro atoms. The molecule has 1 aliphatic carbocycles. The average Bonchev–Trinajstić information content (AvgIpc) is 2.72. The molecule has 0 bridgehead atoms. The van der Waals surface area contributed by atoms with Crippen molar-refractivity contribution in [1.82, 2.24) is 10.6 Å². The van der Waals surface area contributed by atoms with E-state index in [9.17, 15) is 22.8 Å². The molecular weight excluding hydrogens is 461 g/mol. The quantitative estimate of drug-likeness (QED) is 0.489. The summed E-state index contributed by atoms with van der Waals surface area (Å²) >= 11 is 6.30. The fraction of sp³-hybridized carbons (Fsp3) is 0.217. The molecule has 0 aromatic heterocycles. The number of ether oxygens (including phenoxy) is 1. The van der Waals surface area contributed by atoms with Gasteiger partial charge in [-0.2, -0.15) is 0 Å². The molecule has 0 radical (unpaired) electrons. The number of amides is 2. The van der Waals surface area contributed by atoms with E-state index in [0.717, 1.165) is 5.56 Å². The van der Waals surface area contributed by atoms with Gasteiger partial charge in [-0.3, -0.25) is 9.53 Å². The summed E-state index contributed by atoms with van der Waals surface area (Å²) in [7, 11) is 0. The van der Waals surface area contributed by atoms with Gasteiger partial charge in [0, 0.05) is 24.2 Å². The maximum Gasteiger partial charge on any atom is 0.524 e.